The number of carbonyl (C=O) groups is 1. The van der Waals surface area contributed by atoms with Crippen molar-refractivity contribution in [3.8, 4) is 0 Å². The predicted molar refractivity (Wildman–Crippen MR) is 98.7 cm³/mol. The van der Waals surface area contributed by atoms with Gasteiger partial charge in [0.1, 0.15) is 0 Å². The van der Waals surface area contributed by atoms with Crippen LogP contribution in [0.2, 0.25) is 0 Å². The number of benzene rings is 1. The topological polar surface area (TPSA) is 59.1 Å². The van der Waals surface area contributed by atoms with Gasteiger partial charge in [0.15, 0.2) is 0 Å². The van der Waals surface area contributed by atoms with Gasteiger partial charge in [-0.2, -0.15) is 0 Å². The van der Waals surface area contributed by atoms with Gasteiger partial charge in [0.05, 0.1) is 11.4 Å². The van der Waals surface area contributed by atoms with E-state index in [0.717, 1.165) is 50.3 Å². The van der Waals surface area contributed by atoms with Crippen LogP contribution in [-0.4, -0.2) is 74.4 Å². The summed E-state index contributed by atoms with van der Waals surface area (Å²) < 4.78 is 0. The lowest BCUT2D eigenvalue weighted by molar-refractivity contribution is 0.134. The molecule has 1 aliphatic heterocycles. The average molecular weight is 334 g/mol. The van der Waals surface area contributed by atoms with Crippen LogP contribution in [0.15, 0.2) is 24.3 Å². The summed E-state index contributed by atoms with van der Waals surface area (Å²) in [6, 6.07) is 8.31. The van der Waals surface area contributed by atoms with Crippen molar-refractivity contribution >= 4 is 17.4 Å². The number of amides is 2. The third-order valence-corrected chi connectivity index (χ3v) is 4.67. The molecule has 2 rings (SSSR count). The maximum atomic E-state index is 12.5. The Balaban J connectivity index is 1.87. The highest BCUT2D eigenvalue weighted by molar-refractivity contribution is 5.93. The van der Waals surface area contributed by atoms with Crippen molar-refractivity contribution < 1.29 is 9.90 Å². The zero-order chi connectivity index (χ0) is 17.5. The number of nitrogens with zero attached hydrogens (tertiary/aromatic N) is 3. The first-order chi connectivity index (χ1) is 11.5. The molecule has 0 aromatic heterocycles. The van der Waals surface area contributed by atoms with E-state index in [2.05, 4.69) is 17.3 Å². The number of nitrogens with one attached hydrogen (secondary N) is 1. The molecule has 1 aromatic rings. The summed E-state index contributed by atoms with van der Waals surface area (Å²) in [4.78, 5) is 18.7. The molecule has 0 saturated carbocycles. The third kappa shape index (κ3) is 4.85. The van der Waals surface area contributed by atoms with Gasteiger partial charge in [0, 0.05) is 46.4 Å². The molecule has 2 amide bonds. The number of anilines is 2. The molecule has 1 aliphatic rings. The fourth-order valence-electron chi connectivity index (χ4n) is 3.18. The summed E-state index contributed by atoms with van der Waals surface area (Å²) >= 11 is 0. The van der Waals surface area contributed by atoms with Crippen molar-refractivity contribution in [1.29, 1.82) is 0 Å². The molecule has 134 valence electrons. The normalized spacial score (nSPS) is 15.6. The van der Waals surface area contributed by atoms with Gasteiger partial charge in [-0.25, -0.2) is 4.79 Å². The minimum atomic E-state index is -0.0271. The molecule has 1 fully saturated rings. The predicted octanol–water partition coefficient (Wildman–Crippen LogP) is 2.06. The number of rotatable bonds is 6. The summed E-state index contributed by atoms with van der Waals surface area (Å²) in [7, 11) is 6.04. The highest BCUT2D eigenvalue weighted by atomic mass is 16.3. The third-order valence-electron chi connectivity index (χ3n) is 4.67. The van der Waals surface area contributed by atoms with Crippen LogP contribution in [0.1, 0.15) is 19.3 Å². The quantitative estimate of drug-likeness (QED) is 0.836. The van der Waals surface area contributed by atoms with E-state index < -0.39 is 0 Å². The second-order valence-electron chi connectivity index (χ2n) is 6.62. The van der Waals surface area contributed by atoms with Crippen LogP contribution in [0, 0.1) is 0 Å². The van der Waals surface area contributed by atoms with E-state index in [1.54, 1.807) is 0 Å². The van der Waals surface area contributed by atoms with Gasteiger partial charge in [0.25, 0.3) is 0 Å². The number of aliphatic hydroxyl groups is 1. The number of urea groups is 1. The molecule has 0 aliphatic carbocycles. The summed E-state index contributed by atoms with van der Waals surface area (Å²) in [5, 5.41) is 12.0. The van der Waals surface area contributed by atoms with Gasteiger partial charge in [-0.1, -0.05) is 12.1 Å². The van der Waals surface area contributed by atoms with E-state index >= 15 is 0 Å². The van der Waals surface area contributed by atoms with Crippen LogP contribution in [0.4, 0.5) is 16.2 Å². The highest BCUT2D eigenvalue weighted by Crippen LogP contribution is 2.24. The van der Waals surface area contributed by atoms with Crippen LogP contribution in [-0.2, 0) is 0 Å². The van der Waals surface area contributed by atoms with Gasteiger partial charge in [-0.15, -0.1) is 0 Å². The number of hydrogen-bond acceptors (Lipinski definition) is 4. The van der Waals surface area contributed by atoms with Crippen molar-refractivity contribution in [3.63, 3.8) is 0 Å². The average Bonchev–Trinajstić information content (AvgIpc) is 2.60. The van der Waals surface area contributed by atoms with E-state index in [-0.39, 0.29) is 12.6 Å². The SMILES string of the molecule is CN(C)c1ccccc1NC(=O)N1CCC(N(C)CCCO)CC1. The Labute approximate surface area is 145 Å². The van der Waals surface area contributed by atoms with Crippen LogP contribution >= 0.6 is 0 Å². The van der Waals surface area contributed by atoms with E-state index in [4.69, 9.17) is 5.11 Å². The standard InChI is InChI=1S/C18H30N4O2/c1-20(2)17-8-5-4-7-16(17)19-18(24)22-12-9-15(10-13-22)21(3)11-6-14-23/h4-5,7-8,15,23H,6,9-14H2,1-3H3,(H,19,24). The lowest BCUT2D eigenvalue weighted by atomic mass is 10.0. The molecule has 24 heavy (non-hydrogen) atoms. The summed E-state index contributed by atoms with van der Waals surface area (Å²) in [6.45, 7) is 2.68. The highest BCUT2D eigenvalue weighted by Gasteiger charge is 2.25. The lowest BCUT2D eigenvalue weighted by Crippen LogP contribution is -2.47. The molecule has 0 radical (unpaired) electrons. The second-order valence-corrected chi connectivity index (χ2v) is 6.62. The van der Waals surface area contributed by atoms with Crippen molar-refractivity contribution in [2.75, 3.05) is 57.6 Å². The minimum Gasteiger partial charge on any atom is -0.396 e. The van der Waals surface area contributed by atoms with Crippen molar-refractivity contribution in [2.45, 2.75) is 25.3 Å². The van der Waals surface area contributed by atoms with Crippen LogP contribution in [0.25, 0.3) is 0 Å². The fourth-order valence-corrected chi connectivity index (χ4v) is 3.18. The largest absolute Gasteiger partial charge is 0.396 e. The van der Waals surface area contributed by atoms with Crippen molar-refractivity contribution in [3.05, 3.63) is 24.3 Å². The number of para-hydroxylation sites is 2. The van der Waals surface area contributed by atoms with E-state index in [1.807, 2.05) is 48.2 Å². The molecule has 6 nitrogen and oxygen atoms in total. The smallest absolute Gasteiger partial charge is 0.321 e. The van der Waals surface area contributed by atoms with Gasteiger partial charge >= 0.3 is 6.03 Å². The first-order valence-corrected chi connectivity index (χ1v) is 8.66. The van der Waals surface area contributed by atoms with Gasteiger partial charge in [0.2, 0.25) is 0 Å². The molecular weight excluding hydrogens is 304 g/mol. The van der Waals surface area contributed by atoms with Crippen molar-refractivity contribution in [2.24, 2.45) is 0 Å². The maximum Gasteiger partial charge on any atom is 0.321 e. The molecule has 2 N–H and O–H groups in total. The maximum absolute atomic E-state index is 12.5. The number of carbonyl (C=O) groups excluding carboxylic acids is 1. The first kappa shape index (κ1) is 18.5. The molecule has 6 heteroatoms. The Morgan fingerprint density at radius 2 is 1.92 bits per heavy atom. The molecule has 1 aromatic carbocycles. The van der Waals surface area contributed by atoms with Crippen LogP contribution in [0.5, 0.6) is 0 Å². The van der Waals surface area contributed by atoms with Gasteiger partial charge < -0.3 is 25.1 Å². The Kier molecular flexibility index (Phi) is 6.87. The van der Waals surface area contributed by atoms with E-state index in [9.17, 15) is 4.79 Å². The fraction of sp³-hybridized carbons (Fsp3) is 0.611. The van der Waals surface area contributed by atoms with Crippen LogP contribution < -0.4 is 10.2 Å². The molecule has 0 atom stereocenters. The van der Waals surface area contributed by atoms with E-state index in [0.29, 0.717) is 6.04 Å². The van der Waals surface area contributed by atoms with E-state index in [1.165, 1.54) is 0 Å². The zero-order valence-corrected chi connectivity index (χ0v) is 15.0. The number of likely N-dealkylation sites (tertiary alicyclic amines) is 1. The number of aliphatic hydroxyl groups excluding tert-OH is 1. The summed E-state index contributed by atoms with van der Waals surface area (Å²) in [6.07, 6.45) is 2.76. The molecule has 1 saturated heterocycles. The Hall–Kier alpha value is -1.79. The molecule has 1 heterocycles. The van der Waals surface area contributed by atoms with Crippen molar-refractivity contribution in [1.82, 2.24) is 9.80 Å². The van der Waals surface area contributed by atoms with Gasteiger partial charge in [-0.3, -0.25) is 0 Å². The summed E-state index contributed by atoms with van der Waals surface area (Å²) in [5.41, 5.74) is 1.85. The molecule has 0 unspecified atom stereocenters. The number of piperidine rings is 1. The Bertz CT molecular complexity index is 528. The monoisotopic (exact) mass is 334 g/mol. The zero-order valence-electron chi connectivity index (χ0n) is 15.0. The Morgan fingerprint density at radius 3 is 2.54 bits per heavy atom. The Morgan fingerprint density at radius 1 is 1.25 bits per heavy atom. The molecule has 0 bridgehead atoms. The van der Waals surface area contributed by atoms with Gasteiger partial charge in [-0.05, 0) is 38.4 Å². The summed E-state index contributed by atoms with van der Waals surface area (Å²) in [5.74, 6) is 0. The first-order valence-electron chi connectivity index (χ1n) is 8.66. The lowest BCUT2D eigenvalue weighted by Gasteiger charge is -2.36. The second kappa shape index (κ2) is 8.89. The molecular formula is C18H30N4O2. The van der Waals surface area contributed by atoms with Crippen LogP contribution in [0.3, 0.4) is 0 Å². The minimum absolute atomic E-state index is 0.0271. The molecule has 0 spiro atoms. The number of hydrogen-bond donors (Lipinski definition) is 2.